The summed E-state index contributed by atoms with van der Waals surface area (Å²) in [5, 5.41) is 20.1. The van der Waals surface area contributed by atoms with Crippen LogP contribution >= 0.6 is 0 Å². The van der Waals surface area contributed by atoms with Crippen LogP contribution in [-0.2, 0) is 16.0 Å². The highest BCUT2D eigenvalue weighted by molar-refractivity contribution is 5.76. The maximum Gasteiger partial charge on any atom is 0.332 e. The number of benzene rings is 1. The van der Waals surface area contributed by atoms with Crippen molar-refractivity contribution in [2.75, 3.05) is 6.54 Å². The number of amides is 1. The van der Waals surface area contributed by atoms with Gasteiger partial charge in [0.25, 0.3) is 0 Å². The molecule has 0 heterocycles. The Morgan fingerprint density at radius 2 is 1.89 bits per heavy atom. The normalized spacial score (nSPS) is 11.8. The molecule has 0 aliphatic carbocycles. The van der Waals surface area contributed by atoms with Crippen LogP contribution in [-0.4, -0.2) is 34.7 Å². The number of nitrogens with one attached hydrogen (secondary N) is 1. The Morgan fingerprint density at radius 3 is 2.53 bits per heavy atom. The van der Waals surface area contributed by atoms with E-state index in [0.717, 1.165) is 12.8 Å². The molecule has 1 atom stereocenters. The van der Waals surface area contributed by atoms with Gasteiger partial charge in [-0.25, -0.2) is 4.79 Å². The van der Waals surface area contributed by atoms with Crippen molar-refractivity contribution in [2.45, 2.75) is 31.8 Å². The Balaban J connectivity index is 2.10. The van der Waals surface area contributed by atoms with Gasteiger partial charge in [-0.2, -0.15) is 0 Å². The van der Waals surface area contributed by atoms with Gasteiger partial charge in [-0.3, -0.25) is 4.79 Å². The second kappa shape index (κ2) is 8.26. The minimum absolute atomic E-state index is 0.0275. The van der Waals surface area contributed by atoms with Crippen molar-refractivity contribution in [3.63, 3.8) is 0 Å². The number of carbonyl (C=O) groups is 2. The summed E-state index contributed by atoms with van der Waals surface area (Å²) in [6.07, 6.45) is 0.603. The average Bonchev–Trinajstić information content (AvgIpc) is 2.39. The molecule has 0 radical (unpaired) electrons. The third kappa shape index (κ3) is 6.57. The van der Waals surface area contributed by atoms with Crippen LogP contribution in [0.2, 0.25) is 0 Å². The van der Waals surface area contributed by atoms with Crippen LogP contribution in [0.25, 0.3) is 0 Å². The number of rotatable bonds is 8. The van der Waals surface area contributed by atoms with Crippen molar-refractivity contribution in [3.8, 4) is 0 Å². The third-order valence-electron chi connectivity index (χ3n) is 2.74. The van der Waals surface area contributed by atoms with Crippen molar-refractivity contribution in [1.82, 2.24) is 5.32 Å². The van der Waals surface area contributed by atoms with Crippen molar-refractivity contribution in [2.24, 2.45) is 0 Å². The van der Waals surface area contributed by atoms with Crippen LogP contribution in [0.5, 0.6) is 0 Å². The Morgan fingerprint density at radius 1 is 1.21 bits per heavy atom. The number of aliphatic hydroxyl groups is 1. The number of carboxylic acids is 1. The summed E-state index contributed by atoms with van der Waals surface area (Å²) in [6, 6.07) is 9.90. The molecule has 5 nitrogen and oxygen atoms in total. The molecule has 0 saturated carbocycles. The van der Waals surface area contributed by atoms with Gasteiger partial charge in [0.05, 0.1) is 0 Å². The average molecular weight is 265 g/mol. The summed E-state index contributed by atoms with van der Waals surface area (Å²) in [7, 11) is 0. The van der Waals surface area contributed by atoms with Crippen LogP contribution < -0.4 is 5.32 Å². The summed E-state index contributed by atoms with van der Waals surface area (Å²) in [5.41, 5.74) is 1.19. The largest absolute Gasteiger partial charge is 0.479 e. The van der Waals surface area contributed by atoms with Gasteiger partial charge in [-0.05, 0) is 18.4 Å². The van der Waals surface area contributed by atoms with Gasteiger partial charge in [-0.1, -0.05) is 30.3 Å². The van der Waals surface area contributed by atoms with Crippen molar-refractivity contribution in [1.29, 1.82) is 0 Å². The molecule has 0 fully saturated rings. The molecule has 1 amide bonds. The molecule has 1 aromatic carbocycles. The van der Waals surface area contributed by atoms with E-state index in [1.54, 1.807) is 0 Å². The fraction of sp³-hybridized carbons (Fsp3) is 0.429. The number of aliphatic carboxylic acids is 1. The van der Waals surface area contributed by atoms with Crippen molar-refractivity contribution in [3.05, 3.63) is 35.9 Å². The Hall–Kier alpha value is -1.88. The molecule has 5 heteroatoms. The SMILES string of the molecule is O=C(CCCc1ccccc1)NCCC(O)C(=O)O. The van der Waals surface area contributed by atoms with Gasteiger partial charge >= 0.3 is 5.97 Å². The summed E-state index contributed by atoms with van der Waals surface area (Å²) in [6.45, 7) is 0.178. The lowest BCUT2D eigenvalue weighted by atomic mass is 10.1. The van der Waals surface area contributed by atoms with Crippen molar-refractivity contribution >= 4 is 11.9 Å². The monoisotopic (exact) mass is 265 g/mol. The molecule has 1 aromatic rings. The summed E-state index contributed by atoms with van der Waals surface area (Å²) in [4.78, 5) is 21.8. The van der Waals surface area contributed by atoms with Crippen molar-refractivity contribution < 1.29 is 19.8 Å². The van der Waals surface area contributed by atoms with E-state index < -0.39 is 12.1 Å². The molecule has 0 aliphatic rings. The smallest absolute Gasteiger partial charge is 0.332 e. The summed E-state index contributed by atoms with van der Waals surface area (Å²) in [5.74, 6) is -1.38. The molecule has 0 saturated heterocycles. The second-order valence-corrected chi connectivity index (χ2v) is 4.33. The molecular weight excluding hydrogens is 246 g/mol. The lowest BCUT2D eigenvalue weighted by Crippen LogP contribution is -2.29. The number of carboxylic acid groups (broad SMARTS) is 1. The number of hydrogen-bond donors (Lipinski definition) is 3. The standard InChI is InChI=1S/C14H19NO4/c16-12(14(18)19)9-10-15-13(17)8-4-7-11-5-2-1-3-6-11/h1-3,5-6,12,16H,4,7-10H2,(H,15,17)(H,18,19). The zero-order valence-corrected chi connectivity index (χ0v) is 10.7. The van der Waals surface area contributed by atoms with E-state index in [0.29, 0.717) is 6.42 Å². The first-order valence-electron chi connectivity index (χ1n) is 6.31. The lowest BCUT2D eigenvalue weighted by molar-refractivity contribution is -0.147. The first-order valence-corrected chi connectivity index (χ1v) is 6.31. The number of aliphatic hydroxyl groups excluding tert-OH is 1. The molecule has 104 valence electrons. The zero-order valence-electron chi connectivity index (χ0n) is 10.7. The van der Waals surface area contributed by atoms with Gasteiger partial charge in [0.2, 0.25) is 5.91 Å². The molecular formula is C14H19NO4. The van der Waals surface area contributed by atoms with Crippen LogP contribution in [0.3, 0.4) is 0 Å². The van der Waals surface area contributed by atoms with Gasteiger partial charge in [0, 0.05) is 19.4 Å². The van der Waals surface area contributed by atoms with E-state index in [9.17, 15) is 9.59 Å². The Labute approximate surface area is 112 Å². The van der Waals surface area contributed by atoms with E-state index in [-0.39, 0.29) is 18.9 Å². The van der Waals surface area contributed by atoms with Crippen LogP contribution in [0.4, 0.5) is 0 Å². The lowest BCUT2D eigenvalue weighted by Gasteiger charge is -2.07. The zero-order chi connectivity index (χ0) is 14.1. The van der Waals surface area contributed by atoms with Gasteiger partial charge in [-0.15, -0.1) is 0 Å². The predicted octanol–water partition coefficient (Wildman–Crippen LogP) is 0.961. The Bertz CT molecular complexity index is 405. The number of aryl methyl sites for hydroxylation is 1. The van der Waals surface area contributed by atoms with Gasteiger partial charge in [0.1, 0.15) is 0 Å². The van der Waals surface area contributed by atoms with Gasteiger partial charge in [0.15, 0.2) is 6.10 Å². The third-order valence-corrected chi connectivity index (χ3v) is 2.74. The maximum atomic E-state index is 11.4. The second-order valence-electron chi connectivity index (χ2n) is 4.33. The van der Waals surface area contributed by atoms with Crippen LogP contribution in [0, 0.1) is 0 Å². The molecule has 1 rings (SSSR count). The fourth-order valence-electron chi connectivity index (χ4n) is 1.66. The molecule has 0 spiro atoms. The maximum absolute atomic E-state index is 11.4. The van der Waals surface area contributed by atoms with E-state index >= 15 is 0 Å². The summed E-state index contributed by atoms with van der Waals surface area (Å²) >= 11 is 0. The topological polar surface area (TPSA) is 86.6 Å². The first kappa shape index (κ1) is 15.2. The van der Waals surface area contributed by atoms with Crippen LogP contribution in [0.15, 0.2) is 30.3 Å². The minimum atomic E-state index is -1.41. The van der Waals surface area contributed by atoms with E-state index in [1.807, 2.05) is 30.3 Å². The first-order chi connectivity index (χ1) is 9.09. The number of hydrogen-bond acceptors (Lipinski definition) is 3. The van der Waals surface area contributed by atoms with E-state index in [2.05, 4.69) is 5.32 Å². The van der Waals surface area contributed by atoms with Gasteiger partial charge < -0.3 is 15.5 Å². The molecule has 3 N–H and O–H groups in total. The molecule has 0 aromatic heterocycles. The molecule has 1 unspecified atom stereocenters. The number of carbonyl (C=O) groups excluding carboxylic acids is 1. The van der Waals surface area contributed by atoms with E-state index in [1.165, 1.54) is 5.56 Å². The Kier molecular flexibility index (Phi) is 6.60. The predicted molar refractivity (Wildman–Crippen MR) is 70.6 cm³/mol. The molecule has 0 aliphatic heterocycles. The highest BCUT2D eigenvalue weighted by Crippen LogP contribution is 2.04. The van der Waals surface area contributed by atoms with Crippen LogP contribution in [0.1, 0.15) is 24.8 Å². The molecule has 19 heavy (non-hydrogen) atoms. The quantitative estimate of drug-likeness (QED) is 0.653. The minimum Gasteiger partial charge on any atom is -0.479 e. The highest BCUT2D eigenvalue weighted by Gasteiger charge is 2.12. The fourth-order valence-corrected chi connectivity index (χ4v) is 1.66. The molecule has 0 bridgehead atoms. The summed E-state index contributed by atoms with van der Waals surface area (Å²) < 4.78 is 0. The van der Waals surface area contributed by atoms with E-state index in [4.69, 9.17) is 10.2 Å². The highest BCUT2D eigenvalue weighted by atomic mass is 16.4.